The monoisotopic (exact) mass is 405 g/mol. The van der Waals surface area contributed by atoms with Crippen molar-refractivity contribution in [2.45, 2.75) is 31.0 Å². The van der Waals surface area contributed by atoms with E-state index in [1.54, 1.807) is 12.1 Å². The van der Waals surface area contributed by atoms with Crippen molar-refractivity contribution in [1.29, 1.82) is 0 Å². The molecule has 0 bridgehead atoms. The van der Waals surface area contributed by atoms with Gasteiger partial charge in [0.2, 0.25) is 11.8 Å². The van der Waals surface area contributed by atoms with Gasteiger partial charge in [-0.1, -0.05) is 12.1 Å². The highest BCUT2D eigenvalue weighted by molar-refractivity contribution is 5.92. The normalized spacial score (nSPS) is 13.9. The average molecular weight is 405 g/mol. The maximum atomic E-state index is 12.7. The maximum absolute atomic E-state index is 12.7. The summed E-state index contributed by atoms with van der Waals surface area (Å²) in [5.74, 6) is -2.71. The highest BCUT2D eigenvalue weighted by Crippen LogP contribution is 2.12. The Morgan fingerprint density at radius 2 is 1.72 bits per heavy atom. The molecule has 0 aliphatic carbocycles. The molecule has 0 aliphatic rings. The Bertz CT molecular complexity index is 824. The van der Waals surface area contributed by atoms with Gasteiger partial charge in [-0.05, 0) is 17.7 Å². The molecule has 1 aromatic heterocycles. The van der Waals surface area contributed by atoms with Gasteiger partial charge in [0, 0.05) is 24.7 Å². The Kier molecular flexibility index (Phi) is 7.69. The fraction of sp³-hybridized carbons (Fsp3) is 0.333. The number of carboxylic acids is 1. The molecule has 0 saturated heterocycles. The van der Waals surface area contributed by atoms with Crippen molar-refractivity contribution in [3.8, 4) is 5.75 Å². The second kappa shape index (κ2) is 10.2. The van der Waals surface area contributed by atoms with Crippen molar-refractivity contribution in [2.75, 3.05) is 6.61 Å². The van der Waals surface area contributed by atoms with E-state index < -0.39 is 42.5 Å². The second-order valence-corrected chi connectivity index (χ2v) is 6.40. The van der Waals surface area contributed by atoms with Gasteiger partial charge in [0.05, 0.1) is 12.9 Å². The van der Waals surface area contributed by atoms with E-state index in [4.69, 9.17) is 10.8 Å². The Labute approximate surface area is 166 Å². The second-order valence-electron chi connectivity index (χ2n) is 6.40. The van der Waals surface area contributed by atoms with Crippen LogP contribution in [0.4, 0.5) is 0 Å². The number of nitrogens with zero attached hydrogens (tertiary/aromatic N) is 1. The van der Waals surface area contributed by atoms with Crippen molar-refractivity contribution >= 4 is 17.8 Å². The summed E-state index contributed by atoms with van der Waals surface area (Å²) >= 11 is 0. The number of aromatic nitrogens is 2. The predicted octanol–water partition coefficient (Wildman–Crippen LogP) is -1.73. The molecule has 0 fully saturated rings. The van der Waals surface area contributed by atoms with Gasteiger partial charge in [0.25, 0.3) is 0 Å². The molecule has 1 heterocycles. The number of benzene rings is 1. The summed E-state index contributed by atoms with van der Waals surface area (Å²) in [6.45, 7) is -0.608. The minimum absolute atomic E-state index is 0.0151. The number of imidazole rings is 1. The molecule has 3 unspecified atom stereocenters. The topological polar surface area (TPSA) is 191 Å². The van der Waals surface area contributed by atoms with Gasteiger partial charge in [-0.3, -0.25) is 9.59 Å². The van der Waals surface area contributed by atoms with Gasteiger partial charge in [-0.2, -0.15) is 0 Å². The smallest absolute Gasteiger partial charge is 0.326 e. The number of carboxylic acid groups (broad SMARTS) is 1. The third-order valence-electron chi connectivity index (χ3n) is 4.14. The van der Waals surface area contributed by atoms with Gasteiger partial charge in [-0.25, -0.2) is 9.78 Å². The van der Waals surface area contributed by atoms with Crippen LogP contribution in [0.1, 0.15) is 11.3 Å². The van der Waals surface area contributed by atoms with Crippen LogP contribution in [0.2, 0.25) is 0 Å². The summed E-state index contributed by atoms with van der Waals surface area (Å²) < 4.78 is 0. The first-order valence-electron chi connectivity index (χ1n) is 8.75. The zero-order valence-corrected chi connectivity index (χ0v) is 15.4. The fourth-order valence-electron chi connectivity index (χ4n) is 2.53. The number of hydrogen-bond donors (Lipinski definition) is 7. The number of carbonyl (C=O) groups is 3. The lowest BCUT2D eigenvalue weighted by atomic mass is 10.0. The van der Waals surface area contributed by atoms with E-state index in [0.717, 1.165) is 0 Å². The highest BCUT2D eigenvalue weighted by atomic mass is 16.4. The van der Waals surface area contributed by atoms with Gasteiger partial charge in [0.15, 0.2) is 0 Å². The first kappa shape index (κ1) is 21.9. The summed E-state index contributed by atoms with van der Waals surface area (Å²) in [4.78, 5) is 43.0. The molecular weight excluding hydrogens is 382 g/mol. The molecule has 11 nitrogen and oxygen atoms in total. The van der Waals surface area contributed by atoms with E-state index >= 15 is 0 Å². The number of H-pyrrole nitrogens is 1. The molecule has 29 heavy (non-hydrogen) atoms. The summed E-state index contributed by atoms with van der Waals surface area (Å²) in [6, 6.07) is 2.28. The molecule has 2 rings (SSSR count). The minimum atomic E-state index is -1.26. The summed E-state index contributed by atoms with van der Waals surface area (Å²) in [7, 11) is 0. The van der Waals surface area contributed by atoms with Crippen LogP contribution in [0.15, 0.2) is 36.8 Å². The number of aliphatic carboxylic acids is 1. The van der Waals surface area contributed by atoms with Crippen molar-refractivity contribution < 1.29 is 29.7 Å². The lowest BCUT2D eigenvalue weighted by Crippen LogP contribution is -2.56. The largest absolute Gasteiger partial charge is 0.508 e. The lowest BCUT2D eigenvalue weighted by molar-refractivity contribution is -0.142. The van der Waals surface area contributed by atoms with Gasteiger partial charge in [0.1, 0.15) is 23.9 Å². The Morgan fingerprint density at radius 1 is 1.07 bits per heavy atom. The number of aromatic hydroxyl groups is 1. The van der Waals surface area contributed by atoms with E-state index in [9.17, 15) is 24.6 Å². The minimum Gasteiger partial charge on any atom is -0.508 e. The quantitative estimate of drug-likeness (QED) is 0.242. The van der Waals surface area contributed by atoms with Gasteiger partial charge in [-0.15, -0.1) is 0 Å². The third kappa shape index (κ3) is 6.59. The van der Waals surface area contributed by atoms with Crippen LogP contribution in [-0.4, -0.2) is 67.8 Å². The van der Waals surface area contributed by atoms with Crippen LogP contribution in [-0.2, 0) is 27.2 Å². The number of aliphatic hydroxyl groups is 1. The van der Waals surface area contributed by atoms with Crippen LogP contribution in [0, 0.1) is 0 Å². The zero-order valence-electron chi connectivity index (χ0n) is 15.4. The summed E-state index contributed by atoms with van der Waals surface area (Å²) in [5.41, 5.74) is 6.60. The molecule has 8 N–H and O–H groups in total. The van der Waals surface area contributed by atoms with Crippen LogP contribution in [0.5, 0.6) is 5.75 Å². The predicted molar refractivity (Wildman–Crippen MR) is 101 cm³/mol. The van der Waals surface area contributed by atoms with Gasteiger partial charge >= 0.3 is 5.97 Å². The Hall–Kier alpha value is -3.44. The number of hydrogen-bond acceptors (Lipinski definition) is 7. The molecular formula is C18H23N5O6. The van der Waals surface area contributed by atoms with Crippen LogP contribution < -0.4 is 16.4 Å². The number of rotatable bonds is 10. The molecule has 3 atom stereocenters. The molecule has 11 heteroatoms. The first-order chi connectivity index (χ1) is 13.8. The van der Waals surface area contributed by atoms with E-state index in [-0.39, 0.29) is 18.6 Å². The van der Waals surface area contributed by atoms with Gasteiger partial charge < -0.3 is 36.7 Å². The van der Waals surface area contributed by atoms with Crippen molar-refractivity contribution in [3.05, 3.63) is 48.0 Å². The number of phenols is 1. The standard InChI is InChI=1S/C18H23N5O6/c19-13(8-24)16(26)22-14(6-11-7-20-9-21-11)17(27)23-15(18(28)29)5-10-1-3-12(25)4-2-10/h1-4,7,9,13-15,24-25H,5-6,8,19H2,(H,20,21)(H,22,26)(H,23,27)(H,28,29). The van der Waals surface area contributed by atoms with Crippen molar-refractivity contribution in [3.63, 3.8) is 0 Å². The van der Waals surface area contributed by atoms with Crippen molar-refractivity contribution in [1.82, 2.24) is 20.6 Å². The fourth-order valence-corrected chi connectivity index (χ4v) is 2.53. The number of aromatic amines is 1. The molecule has 2 amide bonds. The number of aliphatic hydroxyl groups excluding tert-OH is 1. The Balaban J connectivity index is 2.12. The van der Waals surface area contributed by atoms with E-state index in [1.807, 2.05) is 0 Å². The molecule has 0 aliphatic heterocycles. The lowest BCUT2D eigenvalue weighted by Gasteiger charge is -2.22. The average Bonchev–Trinajstić information content (AvgIpc) is 3.20. The highest BCUT2D eigenvalue weighted by Gasteiger charge is 2.28. The molecule has 2 aromatic rings. The first-order valence-corrected chi connectivity index (χ1v) is 8.75. The SMILES string of the molecule is NC(CO)C(=O)NC(Cc1cnc[nH]1)C(=O)NC(Cc1ccc(O)cc1)C(=O)O. The number of nitrogens with one attached hydrogen (secondary N) is 3. The number of carbonyl (C=O) groups excluding carboxylic acids is 2. The number of nitrogens with two attached hydrogens (primary N) is 1. The maximum Gasteiger partial charge on any atom is 0.326 e. The summed E-state index contributed by atoms with van der Waals surface area (Å²) in [6.07, 6.45) is 2.85. The molecule has 0 saturated carbocycles. The summed E-state index contributed by atoms with van der Waals surface area (Å²) in [5, 5.41) is 32.6. The van der Waals surface area contributed by atoms with Crippen LogP contribution in [0.25, 0.3) is 0 Å². The van der Waals surface area contributed by atoms with Crippen molar-refractivity contribution in [2.24, 2.45) is 5.73 Å². The number of amides is 2. The molecule has 156 valence electrons. The van der Waals surface area contributed by atoms with Crippen LogP contribution >= 0.6 is 0 Å². The molecule has 0 spiro atoms. The van der Waals surface area contributed by atoms with E-state index in [2.05, 4.69) is 20.6 Å². The number of phenolic OH excluding ortho intramolecular Hbond substituents is 1. The molecule has 1 aromatic carbocycles. The zero-order chi connectivity index (χ0) is 21.4. The third-order valence-corrected chi connectivity index (χ3v) is 4.14. The van der Waals surface area contributed by atoms with Crippen LogP contribution in [0.3, 0.4) is 0 Å². The molecule has 0 radical (unpaired) electrons. The van der Waals surface area contributed by atoms with E-state index in [0.29, 0.717) is 11.3 Å². The van der Waals surface area contributed by atoms with E-state index in [1.165, 1.54) is 24.7 Å². The Morgan fingerprint density at radius 3 is 2.28 bits per heavy atom.